The van der Waals surface area contributed by atoms with E-state index in [9.17, 15) is 14.4 Å². The van der Waals surface area contributed by atoms with Crippen molar-refractivity contribution in [3.63, 3.8) is 0 Å². The molecule has 2 aromatic rings. The van der Waals surface area contributed by atoms with Gasteiger partial charge in [-0.25, -0.2) is 0 Å². The van der Waals surface area contributed by atoms with Crippen molar-refractivity contribution in [2.45, 2.75) is 31.8 Å². The molecule has 1 heterocycles. The molecule has 8 heteroatoms. The fourth-order valence-corrected chi connectivity index (χ4v) is 3.51. The Morgan fingerprint density at radius 2 is 1.71 bits per heavy atom. The van der Waals surface area contributed by atoms with Crippen LogP contribution in [0.4, 0.5) is 0 Å². The summed E-state index contributed by atoms with van der Waals surface area (Å²) in [7, 11) is 2.88. The molecule has 0 bridgehead atoms. The zero-order chi connectivity index (χ0) is 20.5. The van der Waals surface area contributed by atoms with E-state index in [2.05, 4.69) is 10.6 Å². The summed E-state index contributed by atoms with van der Waals surface area (Å²) in [4.78, 5) is 36.8. The monoisotopic (exact) mass is 404 g/mol. The first-order valence-corrected chi connectivity index (χ1v) is 9.61. The van der Waals surface area contributed by atoms with Crippen molar-refractivity contribution in [2.75, 3.05) is 14.2 Å². The van der Waals surface area contributed by atoms with E-state index in [-0.39, 0.29) is 24.7 Å². The second kappa shape index (κ2) is 10.5. The zero-order valence-corrected chi connectivity index (χ0v) is 16.9. The number of nitrogens with one attached hydrogen (secondary N) is 2. The van der Waals surface area contributed by atoms with Crippen LogP contribution in [0.5, 0.6) is 5.75 Å². The summed E-state index contributed by atoms with van der Waals surface area (Å²) >= 11 is 1.45. The average Bonchev–Trinajstić information content (AvgIpc) is 3.21. The Bertz CT molecular complexity index is 789. The van der Waals surface area contributed by atoms with E-state index in [4.69, 9.17) is 9.47 Å². The van der Waals surface area contributed by atoms with E-state index >= 15 is 0 Å². The highest BCUT2D eigenvalue weighted by atomic mass is 32.1. The maximum Gasteiger partial charge on any atom is 0.307 e. The maximum atomic E-state index is 12.7. The number of esters is 1. The van der Waals surface area contributed by atoms with Gasteiger partial charge in [-0.05, 0) is 29.1 Å². The molecule has 0 saturated heterocycles. The Hall–Kier alpha value is -2.87. The molecule has 7 nitrogen and oxygen atoms in total. The third kappa shape index (κ3) is 6.38. The normalized spacial score (nSPS) is 12.5. The van der Waals surface area contributed by atoms with Gasteiger partial charge in [-0.15, -0.1) is 11.3 Å². The lowest BCUT2D eigenvalue weighted by Crippen LogP contribution is -2.35. The molecule has 0 spiro atoms. The highest BCUT2D eigenvalue weighted by molar-refractivity contribution is 7.10. The third-order valence-corrected chi connectivity index (χ3v) is 5.09. The quantitative estimate of drug-likeness (QED) is 0.627. The summed E-state index contributed by atoms with van der Waals surface area (Å²) in [5, 5.41) is 7.55. The summed E-state index contributed by atoms with van der Waals surface area (Å²) in [6.45, 7) is 1.40. The van der Waals surface area contributed by atoms with Crippen LogP contribution in [0.25, 0.3) is 0 Å². The van der Waals surface area contributed by atoms with E-state index in [0.29, 0.717) is 5.75 Å². The lowest BCUT2D eigenvalue weighted by molar-refractivity contribution is -0.141. The van der Waals surface area contributed by atoms with Gasteiger partial charge >= 0.3 is 5.97 Å². The van der Waals surface area contributed by atoms with Gasteiger partial charge in [0.05, 0.1) is 39.1 Å². The van der Waals surface area contributed by atoms with Gasteiger partial charge in [-0.3, -0.25) is 14.4 Å². The lowest BCUT2D eigenvalue weighted by Gasteiger charge is -2.21. The number of methoxy groups -OCH3 is 2. The number of carbonyl (C=O) groups is 3. The predicted octanol–water partition coefficient (Wildman–Crippen LogP) is 2.74. The second-order valence-corrected chi connectivity index (χ2v) is 7.13. The molecule has 0 unspecified atom stereocenters. The second-order valence-electron chi connectivity index (χ2n) is 6.15. The molecule has 1 aromatic heterocycles. The van der Waals surface area contributed by atoms with Crippen LogP contribution in [0.1, 0.15) is 42.3 Å². The maximum absolute atomic E-state index is 12.7. The molecule has 28 heavy (non-hydrogen) atoms. The molecule has 2 atom stereocenters. The minimum absolute atomic E-state index is 0.0367. The Kier molecular flexibility index (Phi) is 8.01. The van der Waals surface area contributed by atoms with Crippen molar-refractivity contribution in [1.82, 2.24) is 10.6 Å². The fourth-order valence-electron chi connectivity index (χ4n) is 2.73. The van der Waals surface area contributed by atoms with E-state index < -0.39 is 18.1 Å². The van der Waals surface area contributed by atoms with E-state index in [0.717, 1.165) is 10.4 Å². The molecule has 2 N–H and O–H groups in total. The fraction of sp³-hybridized carbons (Fsp3) is 0.350. The van der Waals surface area contributed by atoms with Crippen molar-refractivity contribution >= 4 is 29.1 Å². The van der Waals surface area contributed by atoms with Crippen LogP contribution in [0.15, 0.2) is 41.8 Å². The standard InChI is InChI=1S/C20H24N2O5S/c1-13(23)21-16(14-6-8-15(26-2)9-7-14)11-19(24)22-17(12-20(25)27-3)18-5-4-10-28-18/h4-10,16-17H,11-12H2,1-3H3,(H,21,23)(H,22,24)/t16-,17-/m0/s1. The summed E-state index contributed by atoms with van der Waals surface area (Å²) in [6.07, 6.45) is 0.0745. The van der Waals surface area contributed by atoms with Crippen LogP contribution < -0.4 is 15.4 Å². The van der Waals surface area contributed by atoms with Crippen LogP contribution >= 0.6 is 11.3 Å². The molecule has 2 amide bonds. The number of amides is 2. The van der Waals surface area contributed by atoms with Crippen LogP contribution in [0, 0.1) is 0 Å². The number of hydrogen-bond acceptors (Lipinski definition) is 6. The minimum Gasteiger partial charge on any atom is -0.497 e. The topological polar surface area (TPSA) is 93.7 Å². The van der Waals surface area contributed by atoms with Crippen LogP contribution in [-0.2, 0) is 19.1 Å². The van der Waals surface area contributed by atoms with Crippen molar-refractivity contribution in [1.29, 1.82) is 0 Å². The number of ether oxygens (including phenoxy) is 2. The molecular formula is C20H24N2O5S. The van der Waals surface area contributed by atoms with Gasteiger partial charge in [-0.2, -0.15) is 0 Å². The Labute approximate surface area is 168 Å². The Morgan fingerprint density at radius 3 is 2.25 bits per heavy atom. The SMILES string of the molecule is COC(=O)C[C@H](NC(=O)C[C@H](NC(C)=O)c1ccc(OC)cc1)c1cccs1. The molecule has 0 aliphatic carbocycles. The summed E-state index contributed by atoms with van der Waals surface area (Å²) in [5.74, 6) is -0.243. The molecule has 0 aliphatic rings. The van der Waals surface area contributed by atoms with Crippen molar-refractivity contribution in [3.05, 3.63) is 52.2 Å². The van der Waals surface area contributed by atoms with Crippen LogP contribution in [0.2, 0.25) is 0 Å². The lowest BCUT2D eigenvalue weighted by atomic mass is 10.0. The van der Waals surface area contributed by atoms with Gasteiger partial charge in [0.2, 0.25) is 11.8 Å². The molecule has 2 rings (SSSR count). The van der Waals surface area contributed by atoms with Gasteiger partial charge in [0, 0.05) is 11.8 Å². The first-order chi connectivity index (χ1) is 13.4. The van der Waals surface area contributed by atoms with E-state index in [1.165, 1.54) is 25.4 Å². The summed E-state index contributed by atoms with van der Waals surface area (Å²) < 4.78 is 9.87. The van der Waals surface area contributed by atoms with E-state index in [1.54, 1.807) is 31.4 Å². The Morgan fingerprint density at radius 1 is 1.00 bits per heavy atom. The highest BCUT2D eigenvalue weighted by Gasteiger charge is 2.23. The predicted molar refractivity (Wildman–Crippen MR) is 106 cm³/mol. The molecule has 0 aliphatic heterocycles. The average molecular weight is 404 g/mol. The van der Waals surface area contributed by atoms with Crippen molar-refractivity contribution in [2.24, 2.45) is 0 Å². The van der Waals surface area contributed by atoms with Gasteiger partial charge in [-0.1, -0.05) is 18.2 Å². The first-order valence-electron chi connectivity index (χ1n) is 8.73. The molecule has 0 fully saturated rings. The largest absolute Gasteiger partial charge is 0.497 e. The first kappa shape index (κ1) is 21.4. The number of benzene rings is 1. The van der Waals surface area contributed by atoms with E-state index in [1.807, 2.05) is 17.5 Å². The van der Waals surface area contributed by atoms with Crippen LogP contribution in [0.3, 0.4) is 0 Å². The van der Waals surface area contributed by atoms with Crippen molar-refractivity contribution in [3.8, 4) is 5.75 Å². The number of hydrogen-bond donors (Lipinski definition) is 2. The molecule has 0 saturated carbocycles. The number of carbonyl (C=O) groups excluding carboxylic acids is 3. The number of thiophene rings is 1. The summed E-state index contributed by atoms with van der Waals surface area (Å²) in [6, 6.07) is 9.89. The smallest absolute Gasteiger partial charge is 0.307 e. The molecular weight excluding hydrogens is 380 g/mol. The molecule has 1 aromatic carbocycles. The zero-order valence-electron chi connectivity index (χ0n) is 16.1. The highest BCUT2D eigenvalue weighted by Crippen LogP contribution is 2.24. The Balaban J connectivity index is 2.11. The van der Waals surface area contributed by atoms with Crippen LogP contribution in [-0.4, -0.2) is 32.0 Å². The van der Waals surface area contributed by atoms with Gasteiger partial charge in [0.15, 0.2) is 0 Å². The van der Waals surface area contributed by atoms with Gasteiger partial charge in [0.1, 0.15) is 5.75 Å². The summed E-state index contributed by atoms with van der Waals surface area (Å²) in [5.41, 5.74) is 0.784. The van der Waals surface area contributed by atoms with Gasteiger partial charge in [0.25, 0.3) is 0 Å². The third-order valence-electron chi connectivity index (χ3n) is 4.11. The minimum atomic E-state index is -0.495. The van der Waals surface area contributed by atoms with Crippen molar-refractivity contribution < 1.29 is 23.9 Å². The number of rotatable bonds is 9. The molecule has 150 valence electrons. The molecule has 0 radical (unpaired) electrons. The van der Waals surface area contributed by atoms with Gasteiger partial charge < -0.3 is 20.1 Å².